The van der Waals surface area contributed by atoms with Crippen LogP contribution in [0.1, 0.15) is 60.3 Å². The maximum atomic E-state index is 13.0. The molecule has 0 bridgehead atoms. The third kappa shape index (κ3) is 9.85. The van der Waals surface area contributed by atoms with Gasteiger partial charge in [-0.15, -0.1) is 0 Å². The van der Waals surface area contributed by atoms with Crippen molar-refractivity contribution in [2.45, 2.75) is 78.0 Å². The van der Waals surface area contributed by atoms with Gasteiger partial charge in [-0.1, -0.05) is 19.0 Å². The highest BCUT2D eigenvalue weighted by Crippen LogP contribution is 2.18. The van der Waals surface area contributed by atoms with E-state index in [1.54, 1.807) is 20.8 Å². The van der Waals surface area contributed by atoms with Gasteiger partial charge in [-0.05, 0) is 57.9 Å². The summed E-state index contributed by atoms with van der Waals surface area (Å²) in [6.45, 7) is 9.24. The van der Waals surface area contributed by atoms with Crippen molar-refractivity contribution in [3.05, 3.63) is 10.4 Å². The standard InChI is InChI=1S/C20H35N7O6/c1-13(2)12-14(17(29)33-20(3,4)5)23-18(30)27(11-7-9-22-25-21)24-16(28)15-8-6-10-26(15)19(31)32/h13-15H,6-12H2,1-5H3,(H,23,30)(H,24,28)(H,31,32). The first-order chi connectivity index (χ1) is 15.4. The minimum Gasteiger partial charge on any atom is -0.465 e. The average molecular weight is 470 g/mol. The van der Waals surface area contributed by atoms with Gasteiger partial charge in [0.15, 0.2) is 0 Å². The van der Waals surface area contributed by atoms with Gasteiger partial charge >= 0.3 is 18.1 Å². The Morgan fingerprint density at radius 3 is 2.52 bits per heavy atom. The molecule has 1 aliphatic heterocycles. The summed E-state index contributed by atoms with van der Waals surface area (Å²) in [4.78, 5) is 53.4. The molecule has 0 aliphatic carbocycles. The van der Waals surface area contributed by atoms with E-state index in [4.69, 9.17) is 10.3 Å². The van der Waals surface area contributed by atoms with Crippen LogP contribution in [-0.2, 0) is 14.3 Å². The second-order valence-electron chi connectivity index (χ2n) is 9.23. The van der Waals surface area contributed by atoms with Crippen molar-refractivity contribution < 1.29 is 29.0 Å². The van der Waals surface area contributed by atoms with Gasteiger partial charge in [0.25, 0.3) is 5.91 Å². The summed E-state index contributed by atoms with van der Waals surface area (Å²) in [6.07, 6.45) is 0.208. The Hall–Kier alpha value is -3.21. The fourth-order valence-corrected chi connectivity index (χ4v) is 3.31. The van der Waals surface area contributed by atoms with Crippen molar-refractivity contribution >= 4 is 24.0 Å². The van der Waals surface area contributed by atoms with Crippen LogP contribution in [0.2, 0.25) is 0 Å². The third-order valence-electron chi connectivity index (χ3n) is 4.69. The molecule has 0 spiro atoms. The zero-order chi connectivity index (χ0) is 25.2. The van der Waals surface area contributed by atoms with Crippen molar-refractivity contribution in [2.75, 3.05) is 19.6 Å². The lowest BCUT2D eigenvalue weighted by molar-refractivity contribution is -0.157. The number of hydrazine groups is 1. The molecule has 0 aromatic rings. The third-order valence-corrected chi connectivity index (χ3v) is 4.69. The van der Waals surface area contributed by atoms with Gasteiger partial charge in [-0.2, -0.15) is 0 Å². The first kappa shape index (κ1) is 27.8. The molecule has 0 aromatic carbocycles. The molecule has 1 saturated heterocycles. The number of nitrogens with zero attached hydrogens (tertiary/aromatic N) is 5. The van der Waals surface area contributed by atoms with Gasteiger partial charge in [-0.25, -0.2) is 19.4 Å². The number of urea groups is 1. The van der Waals surface area contributed by atoms with Crippen LogP contribution in [0, 0.1) is 5.92 Å². The first-order valence-electron chi connectivity index (χ1n) is 11.0. The molecule has 13 heteroatoms. The van der Waals surface area contributed by atoms with Crippen LogP contribution in [-0.4, -0.2) is 76.3 Å². The fraction of sp³-hybridized carbons (Fsp3) is 0.800. The molecule has 1 aliphatic rings. The minimum absolute atomic E-state index is 0.0148. The minimum atomic E-state index is -1.21. The zero-order valence-electron chi connectivity index (χ0n) is 19.9. The van der Waals surface area contributed by atoms with E-state index < -0.39 is 41.7 Å². The number of esters is 1. The molecule has 13 nitrogen and oxygen atoms in total. The number of carboxylic acid groups (broad SMARTS) is 1. The summed E-state index contributed by atoms with van der Waals surface area (Å²) < 4.78 is 5.41. The second kappa shape index (κ2) is 12.7. The van der Waals surface area contributed by atoms with E-state index in [1.807, 2.05) is 13.8 Å². The van der Waals surface area contributed by atoms with Crippen molar-refractivity contribution in [2.24, 2.45) is 11.0 Å². The molecular weight excluding hydrogens is 434 g/mol. The Bertz CT molecular complexity index is 760. The molecule has 1 fully saturated rings. The summed E-state index contributed by atoms with van der Waals surface area (Å²) in [7, 11) is 0. The number of carbonyl (C=O) groups is 4. The number of azide groups is 1. The van der Waals surface area contributed by atoms with Crippen molar-refractivity contribution in [1.82, 2.24) is 20.7 Å². The van der Waals surface area contributed by atoms with Crippen LogP contribution in [0.5, 0.6) is 0 Å². The van der Waals surface area contributed by atoms with Gasteiger partial charge in [0.2, 0.25) is 0 Å². The Morgan fingerprint density at radius 2 is 1.97 bits per heavy atom. The molecule has 0 aromatic heterocycles. The number of hydrogen-bond acceptors (Lipinski definition) is 6. The Kier molecular flexibility index (Phi) is 10.7. The van der Waals surface area contributed by atoms with Crippen molar-refractivity contribution in [1.29, 1.82) is 0 Å². The Labute approximate surface area is 193 Å². The number of likely N-dealkylation sites (tertiary alicyclic amines) is 1. The van der Waals surface area contributed by atoms with Crippen molar-refractivity contribution in [3.63, 3.8) is 0 Å². The second-order valence-corrected chi connectivity index (χ2v) is 9.23. The number of hydrogen-bond donors (Lipinski definition) is 3. The molecule has 4 amide bonds. The molecule has 0 radical (unpaired) electrons. The number of carbonyl (C=O) groups excluding carboxylic acids is 3. The molecule has 1 rings (SSSR count). The highest BCUT2D eigenvalue weighted by Gasteiger charge is 2.36. The lowest BCUT2D eigenvalue weighted by Gasteiger charge is -2.30. The van der Waals surface area contributed by atoms with E-state index in [0.717, 1.165) is 9.91 Å². The van der Waals surface area contributed by atoms with Crippen LogP contribution >= 0.6 is 0 Å². The predicted octanol–water partition coefficient (Wildman–Crippen LogP) is 2.63. The zero-order valence-corrected chi connectivity index (χ0v) is 19.9. The smallest absolute Gasteiger partial charge is 0.407 e. The largest absolute Gasteiger partial charge is 0.465 e. The number of amides is 4. The van der Waals surface area contributed by atoms with Gasteiger partial charge < -0.3 is 15.2 Å². The topological polar surface area (TPSA) is 177 Å². The van der Waals surface area contributed by atoms with E-state index in [1.165, 1.54) is 0 Å². The normalized spacial score (nSPS) is 16.5. The molecule has 3 N–H and O–H groups in total. The highest BCUT2D eigenvalue weighted by molar-refractivity contribution is 5.89. The quantitative estimate of drug-likeness (QED) is 0.117. The number of rotatable bonds is 9. The van der Waals surface area contributed by atoms with Gasteiger partial charge in [-0.3, -0.25) is 15.1 Å². The van der Waals surface area contributed by atoms with E-state index in [-0.39, 0.29) is 32.0 Å². The maximum absolute atomic E-state index is 13.0. The van der Waals surface area contributed by atoms with E-state index in [2.05, 4.69) is 20.8 Å². The Balaban J connectivity index is 2.98. The highest BCUT2D eigenvalue weighted by atomic mass is 16.6. The summed E-state index contributed by atoms with van der Waals surface area (Å²) in [5.41, 5.74) is 10.2. The van der Waals surface area contributed by atoms with Crippen LogP contribution in [0.3, 0.4) is 0 Å². The fourth-order valence-electron chi connectivity index (χ4n) is 3.31. The molecule has 33 heavy (non-hydrogen) atoms. The summed E-state index contributed by atoms with van der Waals surface area (Å²) in [5.74, 6) is -1.18. The first-order valence-corrected chi connectivity index (χ1v) is 11.0. The average Bonchev–Trinajstić information content (AvgIpc) is 3.18. The molecule has 1 heterocycles. The number of nitrogens with one attached hydrogen (secondary N) is 2. The summed E-state index contributed by atoms with van der Waals surface area (Å²) in [5, 5.41) is 16.3. The lowest BCUT2D eigenvalue weighted by atomic mass is 10.0. The lowest BCUT2D eigenvalue weighted by Crippen LogP contribution is -2.58. The van der Waals surface area contributed by atoms with Crippen molar-refractivity contribution in [3.8, 4) is 0 Å². The molecule has 186 valence electrons. The molecular formula is C20H35N7O6. The van der Waals surface area contributed by atoms with E-state index in [0.29, 0.717) is 19.3 Å². The van der Waals surface area contributed by atoms with Gasteiger partial charge in [0, 0.05) is 24.5 Å². The van der Waals surface area contributed by atoms with Crippen LogP contribution in [0.25, 0.3) is 10.4 Å². The SMILES string of the molecule is CC(C)CC(NC(=O)N(CCCN=[N+]=[N-])NC(=O)C1CCCN1C(=O)O)C(=O)OC(C)(C)C. The van der Waals surface area contributed by atoms with Gasteiger partial charge in [0.1, 0.15) is 17.7 Å². The molecule has 2 unspecified atom stereocenters. The van der Waals surface area contributed by atoms with E-state index >= 15 is 0 Å². The maximum Gasteiger partial charge on any atom is 0.407 e. The number of ether oxygens (including phenoxy) is 1. The summed E-state index contributed by atoms with van der Waals surface area (Å²) in [6, 6.07) is -2.62. The predicted molar refractivity (Wildman–Crippen MR) is 119 cm³/mol. The van der Waals surface area contributed by atoms with E-state index in [9.17, 15) is 24.3 Å². The molecule has 2 atom stereocenters. The molecule has 0 saturated carbocycles. The van der Waals surface area contributed by atoms with Crippen LogP contribution in [0.15, 0.2) is 5.11 Å². The van der Waals surface area contributed by atoms with Gasteiger partial charge in [0.05, 0.1) is 0 Å². The van der Waals surface area contributed by atoms with Crippen LogP contribution < -0.4 is 10.7 Å². The Morgan fingerprint density at radius 1 is 1.30 bits per heavy atom. The van der Waals surface area contributed by atoms with Crippen LogP contribution in [0.4, 0.5) is 9.59 Å². The monoisotopic (exact) mass is 469 g/mol. The summed E-state index contributed by atoms with van der Waals surface area (Å²) >= 11 is 0.